The summed E-state index contributed by atoms with van der Waals surface area (Å²) in [6.45, 7) is 8.89. The van der Waals surface area contributed by atoms with E-state index in [9.17, 15) is 5.11 Å². The third kappa shape index (κ3) is 6.44. The molecule has 0 radical (unpaired) electrons. The van der Waals surface area contributed by atoms with E-state index in [0.29, 0.717) is 25.7 Å². The standard InChI is InChI=1S/C24H32BrNO3.ClH/c1-4-17(2)22-7-5-6-8-23(22)29-16-21(27)15-26-13-14-28-24(18(26)3)19-9-11-20(25)12-10-19;/h5-12,17-18,21,24,27H,4,13-16H2,1-3H3;1H. The molecule has 1 aliphatic rings. The molecule has 4 unspecified atom stereocenters. The van der Waals surface area contributed by atoms with E-state index in [1.165, 1.54) is 11.1 Å². The van der Waals surface area contributed by atoms with E-state index >= 15 is 0 Å². The van der Waals surface area contributed by atoms with E-state index in [0.717, 1.165) is 23.2 Å². The second-order valence-corrected chi connectivity index (χ2v) is 8.81. The molecule has 2 aromatic carbocycles. The number of hydrogen-bond donors (Lipinski definition) is 1. The third-order valence-corrected chi connectivity index (χ3v) is 6.36. The fourth-order valence-electron chi connectivity index (χ4n) is 3.86. The van der Waals surface area contributed by atoms with Gasteiger partial charge in [-0.05, 0) is 48.6 Å². The molecule has 1 saturated heterocycles. The van der Waals surface area contributed by atoms with E-state index in [2.05, 4.69) is 59.8 Å². The van der Waals surface area contributed by atoms with Crippen LogP contribution in [0.1, 0.15) is 50.3 Å². The number of hydrogen-bond acceptors (Lipinski definition) is 4. The monoisotopic (exact) mass is 497 g/mol. The number of halogens is 2. The van der Waals surface area contributed by atoms with Crippen LogP contribution in [-0.4, -0.2) is 48.5 Å². The summed E-state index contributed by atoms with van der Waals surface area (Å²) in [6.07, 6.45) is 0.522. The van der Waals surface area contributed by atoms with Gasteiger partial charge < -0.3 is 14.6 Å². The van der Waals surface area contributed by atoms with E-state index < -0.39 is 6.10 Å². The first-order chi connectivity index (χ1) is 14.0. The quantitative estimate of drug-likeness (QED) is 0.515. The molecule has 0 spiro atoms. The highest BCUT2D eigenvalue weighted by atomic mass is 79.9. The van der Waals surface area contributed by atoms with Crippen molar-refractivity contribution in [3.05, 3.63) is 64.1 Å². The number of β-amino-alcohol motifs (C(OH)–C–C–N with tert-alkyl or cyclic N) is 1. The summed E-state index contributed by atoms with van der Waals surface area (Å²) < 4.78 is 13.1. The SMILES string of the molecule is CCC(C)c1ccccc1OCC(O)CN1CCOC(c2ccc(Br)cc2)C1C.Cl. The lowest BCUT2D eigenvalue weighted by Crippen LogP contribution is -2.49. The number of ether oxygens (including phenoxy) is 2. The number of aliphatic hydroxyl groups excluding tert-OH is 1. The van der Waals surface area contributed by atoms with Gasteiger partial charge in [-0.1, -0.05) is 60.1 Å². The zero-order valence-corrected chi connectivity index (χ0v) is 20.4. The van der Waals surface area contributed by atoms with Gasteiger partial charge in [0.25, 0.3) is 0 Å². The van der Waals surface area contributed by atoms with Gasteiger partial charge in [-0.3, -0.25) is 4.90 Å². The zero-order chi connectivity index (χ0) is 20.8. The Morgan fingerprint density at radius 2 is 1.90 bits per heavy atom. The fraction of sp³-hybridized carbons (Fsp3) is 0.500. The lowest BCUT2D eigenvalue weighted by Gasteiger charge is -2.40. The Labute approximate surface area is 195 Å². The minimum absolute atomic E-state index is 0. The van der Waals surface area contributed by atoms with Gasteiger partial charge in [-0.25, -0.2) is 0 Å². The molecule has 0 amide bonds. The first-order valence-electron chi connectivity index (χ1n) is 10.5. The van der Waals surface area contributed by atoms with Crippen LogP contribution in [0.25, 0.3) is 0 Å². The van der Waals surface area contributed by atoms with Crippen LogP contribution in [0.5, 0.6) is 5.75 Å². The average Bonchev–Trinajstić information content (AvgIpc) is 2.74. The van der Waals surface area contributed by atoms with Gasteiger partial charge in [0.1, 0.15) is 18.5 Å². The molecule has 1 aliphatic heterocycles. The summed E-state index contributed by atoms with van der Waals surface area (Å²) in [5.74, 6) is 1.32. The van der Waals surface area contributed by atoms with Crippen molar-refractivity contribution in [3.63, 3.8) is 0 Å². The molecule has 1 fully saturated rings. The number of morpholine rings is 1. The second kappa shape index (κ2) is 12.1. The smallest absolute Gasteiger partial charge is 0.122 e. The second-order valence-electron chi connectivity index (χ2n) is 7.89. The Bertz CT molecular complexity index is 773. The van der Waals surface area contributed by atoms with Crippen LogP contribution in [0.2, 0.25) is 0 Å². The molecule has 0 aromatic heterocycles. The minimum atomic E-state index is -0.550. The maximum atomic E-state index is 10.6. The molecule has 2 aromatic rings. The summed E-state index contributed by atoms with van der Waals surface area (Å²) in [7, 11) is 0. The lowest BCUT2D eigenvalue weighted by atomic mass is 9.98. The maximum absolute atomic E-state index is 10.6. The highest BCUT2D eigenvalue weighted by Crippen LogP contribution is 2.30. The van der Waals surface area contributed by atoms with Crippen molar-refractivity contribution in [3.8, 4) is 5.75 Å². The van der Waals surface area contributed by atoms with Crippen molar-refractivity contribution in [1.29, 1.82) is 0 Å². The molecular weight excluding hydrogens is 466 g/mol. The largest absolute Gasteiger partial charge is 0.491 e. The molecule has 3 rings (SSSR count). The first kappa shape index (κ1) is 25.2. The van der Waals surface area contributed by atoms with Crippen LogP contribution in [0.4, 0.5) is 0 Å². The molecule has 0 aliphatic carbocycles. The van der Waals surface area contributed by atoms with Gasteiger partial charge >= 0.3 is 0 Å². The maximum Gasteiger partial charge on any atom is 0.122 e. The fourth-order valence-corrected chi connectivity index (χ4v) is 4.13. The average molecular weight is 499 g/mol. The van der Waals surface area contributed by atoms with Crippen LogP contribution >= 0.6 is 28.3 Å². The van der Waals surface area contributed by atoms with E-state index in [1.807, 2.05) is 30.3 Å². The summed E-state index contributed by atoms with van der Waals surface area (Å²) in [5.41, 5.74) is 2.37. The van der Waals surface area contributed by atoms with E-state index in [4.69, 9.17) is 9.47 Å². The van der Waals surface area contributed by atoms with Crippen molar-refractivity contribution in [1.82, 2.24) is 4.90 Å². The summed E-state index contributed by atoms with van der Waals surface area (Å²) >= 11 is 3.49. The van der Waals surface area contributed by atoms with E-state index in [1.54, 1.807) is 0 Å². The highest BCUT2D eigenvalue weighted by molar-refractivity contribution is 9.10. The third-order valence-electron chi connectivity index (χ3n) is 5.83. The minimum Gasteiger partial charge on any atom is -0.491 e. The molecular formula is C24H33BrClNO3. The lowest BCUT2D eigenvalue weighted by molar-refractivity contribution is -0.0805. The first-order valence-corrected chi connectivity index (χ1v) is 11.3. The normalized spacial score (nSPS) is 21.5. The van der Waals surface area contributed by atoms with Gasteiger partial charge in [0.2, 0.25) is 0 Å². The van der Waals surface area contributed by atoms with Crippen LogP contribution in [-0.2, 0) is 4.74 Å². The molecule has 166 valence electrons. The Kier molecular flexibility index (Phi) is 10.1. The van der Waals surface area contributed by atoms with Gasteiger partial charge in [-0.15, -0.1) is 12.4 Å². The predicted molar refractivity (Wildman–Crippen MR) is 128 cm³/mol. The predicted octanol–water partition coefficient (Wildman–Crippen LogP) is 5.59. The van der Waals surface area contributed by atoms with Gasteiger partial charge in [-0.2, -0.15) is 0 Å². The summed E-state index contributed by atoms with van der Waals surface area (Å²) in [5, 5.41) is 10.6. The number of aliphatic hydroxyl groups is 1. The molecule has 0 bridgehead atoms. The van der Waals surface area contributed by atoms with Crippen molar-refractivity contribution < 1.29 is 14.6 Å². The molecule has 30 heavy (non-hydrogen) atoms. The Hall–Kier alpha value is -1.11. The number of rotatable bonds is 8. The van der Waals surface area contributed by atoms with Crippen molar-refractivity contribution in [2.75, 3.05) is 26.3 Å². The van der Waals surface area contributed by atoms with Crippen LogP contribution in [0, 0.1) is 0 Å². The van der Waals surface area contributed by atoms with Crippen molar-refractivity contribution in [2.45, 2.75) is 51.4 Å². The highest BCUT2D eigenvalue weighted by Gasteiger charge is 2.31. The Morgan fingerprint density at radius 3 is 2.60 bits per heavy atom. The van der Waals surface area contributed by atoms with Crippen molar-refractivity contribution >= 4 is 28.3 Å². The number of nitrogens with zero attached hydrogens (tertiary/aromatic N) is 1. The van der Waals surface area contributed by atoms with Crippen LogP contribution in [0.3, 0.4) is 0 Å². The topological polar surface area (TPSA) is 41.9 Å². The summed E-state index contributed by atoms with van der Waals surface area (Å²) in [6, 6.07) is 16.6. The number of para-hydroxylation sites is 1. The molecule has 1 heterocycles. The van der Waals surface area contributed by atoms with Gasteiger partial charge in [0.05, 0.1) is 12.7 Å². The van der Waals surface area contributed by atoms with Gasteiger partial charge in [0, 0.05) is 23.6 Å². The molecule has 0 saturated carbocycles. The molecule has 6 heteroatoms. The Morgan fingerprint density at radius 1 is 1.20 bits per heavy atom. The van der Waals surface area contributed by atoms with Crippen LogP contribution in [0.15, 0.2) is 53.0 Å². The van der Waals surface area contributed by atoms with Crippen molar-refractivity contribution in [2.24, 2.45) is 0 Å². The molecule has 1 N–H and O–H groups in total. The summed E-state index contributed by atoms with van der Waals surface area (Å²) in [4.78, 5) is 2.30. The van der Waals surface area contributed by atoms with Crippen LogP contribution < -0.4 is 4.74 Å². The van der Waals surface area contributed by atoms with Gasteiger partial charge in [0.15, 0.2) is 0 Å². The van der Waals surface area contributed by atoms with E-state index in [-0.39, 0.29) is 24.6 Å². The molecule has 4 nitrogen and oxygen atoms in total. The molecule has 4 atom stereocenters. The zero-order valence-electron chi connectivity index (χ0n) is 18.0. The number of benzene rings is 2. The Balaban J connectivity index is 0.00000320.